The summed E-state index contributed by atoms with van der Waals surface area (Å²) in [7, 11) is 0. The van der Waals surface area contributed by atoms with Crippen molar-refractivity contribution in [1.82, 2.24) is 14.5 Å². The molecule has 0 saturated carbocycles. The van der Waals surface area contributed by atoms with Gasteiger partial charge in [0, 0.05) is 31.3 Å². The average Bonchev–Trinajstić information content (AvgIpc) is 3.50. The quantitative estimate of drug-likeness (QED) is 0.538. The summed E-state index contributed by atoms with van der Waals surface area (Å²) in [6, 6.07) is 14.4. The highest BCUT2D eigenvalue weighted by atomic mass is 19.1. The Balaban J connectivity index is 1.60. The second-order valence-electron chi connectivity index (χ2n) is 8.43. The third-order valence-electron chi connectivity index (χ3n) is 5.90. The van der Waals surface area contributed by atoms with E-state index in [4.69, 9.17) is 4.74 Å². The van der Waals surface area contributed by atoms with Gasteiger partial charge in [-0.1, -0.05) is 43.3 Å². The zero-order valence-electron chi connectivity index (χ0n) is 19.5. The Bertz CT molecular complexity index is 1160. The molecule has 8 heteroatoms. The highest BCUT2D eigenvalue weighted by Crippen LogP contribution is 2.25. The molecule has 1 aliphatic rings. The van der Waals surface area contributed by atoms with Gasteiger partial charge in [-0.25, -0.2) is 9.37 Å². The highest BCUT2D eigenvalue weighted by molar-refractivity contribution is 5.93. The molecule has 1 unspecified atom stereocenters. The van der Waals surface area contributed by atoms with Crippen LogP contribution in [0.1, 0.15) is 31.7 Å². The minimum atomic E-state index is -0.376. The number of aromatic nitrogens is 2. The maximum absolute atomic E-state index is 14.3. The third-order valence-corrected chi connectivity index (χ3v) is 5.90. The molecule has 2 aromatic carbocycles. The van der Waals surface area contributed by atoms with E-state index >= 15 is 0 Å². The summed E-state index contributed by atoms with van der Waals surface area (Å²) in [5.41, 5.74) is 2.57. The van der Waals surface area contributed by atoms with Crippen LogP contribution in [0.15, 0.2) is 54.7 Å². The van der Waals surface area contributed by atoms with E-state index in [0.717, 1.165) is 18.4 Å². The first-order chi connectivity index (χ1) is 16.4. The van der Waals surface area contributed by atoms with Gasteiger partial charge in [-0.2, -0.15) is 0 Å². The van der Waals surface area contributed by atoms with Gasteiger partial charge in [0.15, 0.2) is 0 Å². The fourth-order valence-corrected chi connectivity index (χ4v) is 3.99. The molecular formula is C26H29FN4O3. The van der Waals surface area contributed by atoms with Crippen LogP contribution in [0.2, 0.25) is 0 Å². The number of benzene rings is 2. The Morgan fingerprint density at radius 3 is 2.71 bits per heavy atom. The number of amides is 2. The predicted molar refractivity (Wildman–Crippen MR) is 128 cm³/mol. The number of carbonyl (C=O) groups excluding carboxylic acids is 2. The van der Waals surface area contributed by atoms with Crippen molar-refractivity contribution in [3.05, 3.63) is 66.1 Å². The van der Waals surface area contributed by atoms with Crippen molar-refractivity contribution in [2.45, 2.75) is 39.2 Å². The molecule has 1 atom stereocenters. The van der Waals surface area contributed by atoms with E-state index in [9.17, 15) is 14.0 Å². The number of rotatable bonds is 8. The fraction of sp³-hybridized carbons (Fsp3) is 0.346. The smallest absolute Gasteiger partial charge is 0.246 e. The molecule has 1 aromatic heterocycles. The number of imidazole rings is 1. The number of ether oxygens (including phenoxy) is 1. The lowest BCUT2D eigenvalue weighted by Crippen LogP contribution is -2.42. The first-order valence-electron chi connectivity index (χ1n) is 11.5. The van der Waals surface area contributed by atoms with Crippen molar-refractivity contribution in [1.29, 1.82) is 0 Å². The molecule has 3 aromatic rings. The SMILES string of the molecule is CCC(=O)N(CC(=O)Nc1nc(-c2ccccc2)cn1-c1ccc(C)c(F)c1)CC1CCCO1. The highest BCUT2D eigenvalue weighted by Gasteiger charge is 2.24. The number of anilines is 1. The van der Waals surface area contributed by atoms with E-state index in [1.807, 2.05) is 30.3 Å². The zero-order valence-corrected chi connectivity index (χ0v) is 19.5. The van der Waals surface area contributed by atoms with E-state index in [1.54, 1.807) is 36.7 Å². The Morgan fingerprint density at radius 2 is 2.03 bits per heavy atom. The summed E-state index contributed by atoms with van der Waals surface area (Å²) >= 11 is 0. The van der Waals surface area contributed by atoms with Crippen molar-refractivity contribution in [3.63, 3.8) is 0 Å². The molecule has 2 heterocycles. The molecule has 1 saturated heterocycles. The first-order valence-corrected chi connectivity index (χ1v) is 11.5. The van der Waals surface area contributed by atoms with Crippen molar-refractivity contribution < 1.29 is 18.7 Å². The van der Waals surface area contributed by atoms with Gasteiger partial charge < -0.3 is 9.64 Å². The number of nitrogens with one attached hydrogen (secondary N) is 1. The second-order valence-corrected chi connectivity index (χ2v) is 8.43. The van der Waals surface area contributed by atoms with Crippen molar-refractivity contribution >= 4 is 17.8 Å². The molecule has 4 rings (SSSR count). The summed E-state index contributed by atoms with van der Waals surface area (Å²) in [5, 5.41) is 2.82. The van der Waals surface area contributed by atoms with Crippen LogP contribution in [0.5, 0.6) is 0 Å². The van der Waals surface area contributed by atoms with Crippen LogP contribution in [-0.4, -0.2) is 52.1 Å². The van der Waals surface area contributed by atoms with Crippen molar-refractivity contribution in [2.75, 3.05) is 25.0 Å². The van der Waals surface area contributed by atoms with E-state index < -0.39 is 0 Å². The third kappa shape index (κ3) is 5.51. The van der Waals surface area contributed by atoms with E-state index in [-0.39, 0.29) is 36.2 Å². The Kier molecular flexibility index (Phi) is 7.37. The lowest BCUT2D eigenvalue weighted by atomic mass is 10.2. The topological polar surface area (TPSA) is 76.5 Å². The normalized spacial score (nSPS) is 15.3. The van der Waals surface area contributed by atoms with Crippen LogP contribution in [-0.2, 0) is 14.3 Å². The molecule has 0 bridgehead atoms. The Hall–Kier alpha value is -3.52. The monoisotopic (exact) mass is 464 g/mol. The summed E-state index contributed by atoms with van der Waals surface area (Å²) in [4.78, 5) is 31.6. The van der Waals surface area contributed by atoms with Gasteiger partial charge in [0.2, 0.25) is 17.8 Å². The molecule has 0 spiro atoms. The van der Waals surface area contributed by atoms with Gasteiger partial charge in [-0.3, -0.25) is 19.5 Å². The molecule has 34 heavy (non-hydrogen) atoms. The molecule has 1 fully saturated rings. The van der Waals surface area contributed by atoms with Gasteiger partial charge in [-0.05, 0) is 37.5 Å². The standard InChI is InChI=1S/C26H29FN4O3/c1-3-25(33)30(15-21-10-7-13-34-21)17-24(32)29-26-28-23(19-8-5-4-6-9-19)16-31(26)20-12-11-18(2)22(27)14-20/h4-6,8-9,11-12,14,16,21H,3,7,10,13,15,17H2,1-2H3,(H,28,29,32). The zero-order chi connectivity index (χ0) is 24.1. The number of halogens is 1. The summed E-state index contributed by atoms with van der Waals surface area (Å²) in [5.74, 6) is -0.576. The Labute approximate surface area is 198 Å². The maximum atomic E-state index is 14.3. The molecule has 2 amide bonds. The molecule has 178 valence electrons. The van der Waals surface area contributed by atoms with E-state index in [0.29, 0.717) is 36.5 Å². The predicted octanol–water partition coefficient (Wildman–Crippen LogP) is 4.34. The van der Waals surface area contributed by atoms with Gasteiger partial charge >= 0.3 is 0 Å². The van der Waals surface area contributed by atoms with Gasteiger partial charge in [0.05, 0.1) is 17.5 Å². The Morgan fingerprint density at radius 1 is 1.24 bits per heavy atom. The van der Waals surface area contributed by atoms with Crippen LogP contribution in [0.4, 0.5) is 10.3 Å². The summed E-state index contributed by atoms with van der Waals surface area (Å²) in [6.45, 7) is 4.42. The molecule has 1 aliphatic heterocycles. The van der Waals surface area contributed by atoms with Gasteiger partial charge in [0.1, 0.15) is 12.4 Å². The number of aryl methyl sites for hydroxylation is 1. The van der Waals surface area contributed by atoms with Crippen LogP contribution < -0.4 is 5.32 Å². The van der Waals surface area contributed by atoms with Crippen LogP contribution in [0.25, 0.3) is 16.9 Å². The number of hydrogen-bond acceptors (Lipinski definition) is 4. The van der Waals surface area contributed by atoms with E-state index in [2.05, 4.69) is 10.3 Å². The summed E-state index contributed by atoms with van der Waals surface area (Å²) in [6.07, 6.45) is 3.84. The number of carbonyl (C=O) groups is 2. The molecule has 0 radical (unpaired) electrons. The minimum Gasteiger partial charge on any atom is -0.376 e. The number of hydrogen-bond donors (Lipinski definition) is 1. The molecular weight excluding hydrogens is 435 g/mol. The van der Waals surface area contributed by atoms with Crippen molar-refractivity contribution in [2.24, 2.45) is 0 Å². The van der Waals surface area contributed by atoms with Crippen LogP contribution >= 0.6 is 0 Å². The van der Waals surface area contributed by atoms with Gasteiger partial charge in [0.25, 0.3) is 0 Å². The second kappa shape index (κ2) is 10.6. The van der Waals surface area contributed by atoms with Crippen molar-refractivity contribution in [3.8, 4) is 16.9 Å². The van der Waals surface area contributed by atoms with Crippen LogP contribution in [0, 0.1) is 12.7 Å². The molecule has 7 nitrogen and oxygen atoms in total. The fourth-order valence-electron chi connectivity index (χ4n) is 3.99. The maximum Gasteiger partial charge on any atom is 0.246 e. The number of nitrogens with zero attached hydrogens (tertiary/aromatic N) is 3. The largest absolute Gasteiger partial charge is 0.376 e. The first kappa shape index (κ1) is 23.6. The lowest BCUT2D eigenvalue weighted by Gasteiger charge is -2.24. The summed E-state index contributed by atoms with van der Waals surface area (Å²) < 4.78 is 21.6. The molecule has 1 N–H and O–H groups in total. The minimum absolute atomic E-state index is 0.0505. The molecule has 0 aliphatic carbocycles. The van der Waals surface area contributed by atoms with Crippen LogP contribution in [0.3, 0.4) is 0 Å². The van der Waals surface area contributed by atoms with Gasteiger partial charge in [-0.15, -0.1) is 0 Å². The lowest BCUT2D eigenvalue weighted by molar-refractivity contribution is -0.135. The average molecular weight is 465 g/mol. The van der Waals surface area contributed by atoms with E-state index in [1.165, 1.54) is 11.0 Å².